The summed E-state index contributed by atoms with van der Waals surface area (Å²) < 4.78 is 0. The first kappa shape index (κ1) is 18.7. The van der Waals surface area contributed by atoms with Gasteiger partial charge in [0.2, 0.25) is 0 Å². The van der Waals surface area contributed by atoms with Gasteiger partial charge in [-0.15, -0.1) is 0 Å². The molecule has 0 atom stereocenters. The van der Waals surface area contributed by atoms with Crippen LogP contribution in [0.25, 0.3) is 0 Å². The fourth-order valence-electron chi connectivity index (χ4n) is 1.49. The molecule has 4 heteroatoms. The first-order valence-electron chi connectivity index (χ1n) is 6.04. The molecule has 0 heterocycles. The third kappa shape index (κ3) is 4.95. The van der Waals surface area contributed by atoms with Crippen molar-refractivity contribution in [2.45, 2.75) is 26.2 Å². The van der Waals surface area contributed by atoms with Crippen LogP contribution >= 0.6 is 0 Å². The van der Waals surface area contributed by atoms with Gasteiger partial charge in [0.15, 0.2) is 0 Å². The summed E-state index contributed by atoms with van der Waals surface area (Å²) in [6, 6.07) is 7.55. The molecule has 0 amide bonds. The van der Waals surface area contributed by atoms with Crippen LogP contribution in [0.15, 0.2) is 24.3 Å². The van der Waals surface area contributed by atoms with Crippen molar-refractivity contribution in [2.75, 3.05) is 13.1 Å². The third-order valence-electron chi connectivity index (χ3n) is 3.19. The molecule has 0 saturated heterocycles. The fourth-order valence-corrected chi connectivity index (χ4v) is 1.49. The van der Waals surface area contributed by atoms with Gasteiger partial charge in [-0.25, -0.2) is 5.06 Å². The zero-order valence-corrected chi connectivity index (χ0v) is 16.1. The van der Waals surface area contributed by atoms with Gasteiger partial charge in [0.25, 0.3) is 0 Å². The van der Waals surface area contributed by atoms with Crippen LogP contribution in [0.1, 0.15) is 26.3 Å². The average Bonchev–Trinajstić information content (AvgIpc) is 2.36. The van der Waals surface area contributed by atoms with Gasteiger partial charge in [-0.2, -0.15) is 0 Å². The van der Waals surface area contributed by atoms with Crippen LogP contribution in [-0.4, -0.2) is 23.9 Å². The Hall–Kier alpha value is -0.298. The van der Waals surface area contributed by atoms with E-state index in [-0.39, 0.29) is 36.9 Å². The molecule has 0 N–H and O–H groups in total. The Morgan fingerprint density at radius 3 is 2.05 bits per heavy atom. The smallest absolute Gasteiger partial charge is 0.411 e. The van der Waals surface area contributed by atoms with Crippen molar-refractivity contribution >= 4 is 5.78 Å². The summed E-state index contributed by atoms with van der Waals surface area (Å²) in [7, 11) is 0. The number of ketones is 1. The Bertz CT molecular complexity index is 397. The molecule has 0 aliphatic rings. The standard InChI is InChI=1S/C15H21NO2.U/c1-6-16(7-2)18-14-10-8-13(9-11-14)15(4,5)12(3)17;/h8-11H,1-2,6-7H2,3-5H3;/q-2;+2. The second-order valence-corrected chi connectivity index (χ2v) is 4.73. The molecule has 0 aromatic heterocycles. The third-order valence-corrected chi connectivity index (χ3v) is 3.19. The Kier molecular flexibility index (Phi) is 7.97. The topological polar surface area (TPSA) is 29.5 Å². The molecule has 0 radical (unpaired) electrons. The van der Waals surface area contributed by atoms with E-state index in [9.17, 15) is 4.79 Å². The predicted octanol–water partition coefficient (Wildman–Crippen LogP) is 2.82. The number of hydrogen-bond acceptors (Lipinski definition) is 3. The van der Waals surface area contributed by atoms with E-state index in [1.165, 1.54) is 0 Å². The van der Waals surface area contributed by atoms with Crippen LogP contribution < -0.4 is 4.84 Å². The molecule has 19 heavy (non-hydrogen) atoms. The van der Waals surface area contributed by atoms with Crippen molar-refractivity contribution in [1.29, 1.82) is 0 Å². The van der Waals surface area contributed by atoms with Crippen molar-refractivity contribution < 1.29 is 40.7 Å². The summed E-state index contributed by atoms with van der Waals surface area (Å²) in [5.74, 6) is 0.874. The molecule has 0 bridgehead atoms. The maximum absolute atomic E-state index is 11.6. The van der Waals surface area contributed by atoms with E-state index < -0.39 is 5.41 Å². The first-order valence-corrected chi connectivity index (χ1v) is 6.04. The van der Waals surface area contributed by atoms with E-state index in [2.05, 4.69) is 13.8 Å². The number of Topliss-reactive ketones (excluding diaryl/α,β-unsaturated/α-hetero) is 1. The molecule has 1 rings (SSSR count). The summed E-state index contributed by atoms with van der Waals surface area (Å²) in [4.78, 5) is 17.1. The van der Waals surface area contributed by atoms with E-state index in [4.69, 9.17) is 4.84 Å². The monoisotopic (exact) mass is 485 g/mol. The minimum absolute atomic E-state index is 0. The van der Waals surface area contributed by atoms with E-state index >= 15 is 0 Å². The van der Waals surface area contributed by atoms with Gasteiger partial charge in [-0.05, 0) is 38.5 Å². The molecule has 0 unspecified atom stereocenters. The van der Waals surface area contributed by atoms with Crippen molar-refractivity contribution in [3.05, 3.63) is 43.7 Å². The summed E-state index contributed by atoms with van der Waals surface area (Å²) in [6.07, 6.45) is 0. The molecule has 1 aromatic rings. The van der Waals surface area contributed by atoms with Crippen molar-refractivity contribution in [2.24, 2.45) is 0 Å². The van der Waals surface area contributed by atoms with Gasteiger partial charge >= 0.3 is 31.1 Å². The normalized spacial score (nSPS) is 11.1. The van der Waals surface area contributed by atoms with E-state index in [1.807, 2.05) is 38.1 Å². The van der Waals surface area contributed by atoms with Crippen LogP contribution in [0.4, 0.5) is 0 Å². The molecule has 1 aromatic carbocycles. The minimum atomic E-state index is -0.461. The largest absolute Gasteiger partial charge is 2.00 e. The maximum Gasteiger partial charge on any atom is 2.00 e. The Morgan fingerprint density at radius 1 is 1.21 bits per heavy atom. The number of benzene rings is 1. The summed E-state index contributed by atoms with van der Waals surface area (Å²) >= 11 is 0. The molecule has 0 saturated carbocycles. The fraction of sp³-hybridized carbons (Fsp3) is 0.400. The Balaban J connectivity index is 0.00000324. The number of carbonyl (C=O) groups is 1. The van der Waals surface area contributed by atoms with Gasteiger partial charge in [0.1, 0.15) is 11.5 Å². The first-order chi connectivity index (χ1) is 8.41. The van der Waals surface area contributed by atoms with Crippen molar-refractivity contribution in [3.8, 4) is 5.75 Å². The van der Waals surface area contributed by atoms with Crippen LogP contribution in [0.2, 0.25) is 0 Å². The van der Waals surface area contributed by atoms with Gasteiger partial charge in [0.05, 0.1) is 0 Å². The zero-order chi connectivity index (χ0) is 13.8. The van der Waals surface area contributed by atoms with Gasteiger partial charge in [-0.1, -0.05) is 25.2 Å². The number of rotatable bonds is 6. The summed E-state index contributed by atoms with van der Waals surface area (Å²) in [5, 5.41) is 1.66. The molecule has 3 nitrogen and oxygen atoms in total. The molecule has 102 valence electrons. The Labute approximate surface area is 140 Å². The quantitative estimate of drug-likeness (QED) is 0.459. The second kappa shape index (κ2) is 8.09. The number of hydroxylamine groups is 2. The zero-order valence-electron chi connectivity index (χ0n) is 11.9. The molecular formula is C15H21NO2U. The summed E-state index contributed by atoms with van der Waals surface area (Å²) in [6.45, 7) is 14.0. The molecular weight excluding hydrogens is 464 g/mol. The minimum Gasteiger partial charge on any atom is -0.411 e. The summed E-state index contributed by atoms with van der Waals surface area (Å²) in [5.41, 5.74) is 0.523. The molecule has 0 fully saturated rings. The van der Waals surface area contributed by atoms with Crippen LogP contribution in [0, 0.1) is 45.0 Å². The van der Waals surface area contributed by atoms with Gasteiger partial charge in [0, 0.05) is 5.41 Å². The molecule has 0 aliphatic heterocycles. The second-order valence-electron chi connectivity index (χ2n) is 4.73. The Morgan fingerprint density at radius 2 is 1.68 bits per heavy atom. The molecule has 0 spiro atoms. The number of hydrogen-bond donors (Lipinski definition) is 0. The van der Waals surface area contributed by atoms with E-state index in [1.54, 1.807) is 12.0 Å². The maximum atomic E-state index is 11.6. The van der Waals surface area contributed by atoms with Crippen LogP contribution in [0.3, 0.4) is 0 Å². The SMILES string of the molecule is [CH2-]CN(C[CH2-])Oc1ccc(C(C)(C)C(C)=O)cc1.[U+2]. The molecule has 0 aliphatic carbocycles. The predicted molar refractivity (Wildman–Crippen MR) is 73.1 cm³/mol. The van der Waals surface area contributed by atoms with Crippen molar-refractivity contribution in [1.82, 2.24) is 5.06 Å². The van der Waals surface area contributed by atoms with E-state index in [0.717, 1.165) is 11.3 Å². The van der Waals surface area contributed by atoms with Crippen molar-refractivity contribution in [3.63, 3.8) is 0 Å². The number of nitrogens with zero attached hydrogens (tertiary/aromatic N) is 1. The van der Waals surface area contributed by atoms with Crippen LogP contribution in [0.5, 0.6) is 5.75 Å². The van der Waals surface area contributed by atoms with Gasteiger partial charge in [-0.3, -0.25) is 4.79 Å². The average molecular weight is 485 g/mol. The van der Waals surface area contributed by atoms with Gasteiger partial charge < -0.3 is 18.7 Å². The number of carbonyl (C=O) groups excluding carboxylic acids is 1. The van der Waals surface area contributed by atoms with E-state index in [0.29, 0.717) is 13.1 Å². The van der Waals surface area contributed by atoms with Crippen LogP contribution in [-0.2, 0) is 10.2 Å².